The smallest absolute Gasteiger partial charge is 0.277 e. The zero-order valence-corrected chi connectivity index (χ0v) is 14.2. The summed E-state index contributed by atoms with van der Waals surface area (Å²) in [6, 6.07) is 7.34. The molecule has 1 aromatic heterocycles. The molecule has 0 saturated heterocycles. The van der Waals surface area contributed by atoms with E-state index in [0.717, 1.165) is 12.8 Å². The second kappa shape index (κ2) is 7.11. The van der Waals surface area contributed by atoms with Crippen molar-refractivity contribution >= 4 is 16.8 Å². The molecule has 1 aromatic carbocycles. The number of rotatable bonds is 4. The SMILES string of the molecule is C[C@@H]1[C@H](C)CCC[C@H]1NC(=O)CCn1nnc2ccccc2c1=O. The summed E-state index contributed by atoms with van der Waals surface area (Å²) >= 11 is 0. The number of nitrogens with zero attached hydrogens (tertiary/aromatic N) is 3. The standard InChI is InChI=1S/C18H24N4O2/c1-12-6-5-9-15(13(12)2)19-17(23)10-11-22-18(24)14-7-3-4-8-16(14)20-21-22/h3-4,7-8,12-13,15H,5-6,9-11H2,1-2H3,(H,19,23)/t12-,13-,15-/m1/s1. The molecular formula is C18H24N4O2. The maximum atomic E-state index is 12.4. The highest BCUT2D eigenvalue weighted by Gasteiger charge is 2.27. The van der Waals surface area contributed by atoms with Crippen LogP contribution in [0.15, 0.2) is 29.1 Å². The quantitative estimate of drug-likeness (QED) is 0.932. The van der Waals surface area contributed by atoms with Gasteiger partial charge in [-0.05, 0) is 30.4 Å². The molecule has 6 heteroatoms. The van der Waals surface area contributed by atoms with Crippen LogP contribution in [0.3, 0.4) is 0 Å². The van der Waals surface area contributed by atoms with Crippen LogP contribution in [0, 0.1) is 11.8 Å². The van der Waals surface area contributed by atoms with Crippen molar-refractivity contribution in [3.05, 3.63) is 34.6 Å². The fourth-order valence-corrected chi connectivity index (χ4v) is 3.44. The van der Waals surface area contributed by atoms with Gasteiger partial charge in [0.15, 0.2) is 0 Å². The average Bonchev–Trinajstić information content (AvgIpc) is 2.59. The summed E-state index contributed by atoms with van der Waals surface area (Å²) in [6.45, 7) is 4.69. The Balaban J connectivity index is 1.62. The van der Waals surface area contributed by atoms with Crippen molar-refractivity contribution in [2.75, 3.05) is 0 Å². The van der Waals surface area contributed by atoms with Crippen LogP contribution in [0.25, 0.3) is 10.9 Å². The Kier molecular flexibility index (Phi) is 4.92. The zero-order chi connectivity index (χ0) is 17.1. The lowest BCUT2D eigenvalue weighted by molar-refractivity contribution is -0.122. The van der Waals surface area contributed by atoms with E-state index in [2.05, 4.69) is 29.5 Å². The van der Waals surface area contributed by atoms with Gasteiger partial charge in [0.05, 0.1) is 11.9 Å². The van der Waals surface area contributed by atoms with Crippen LogP contribution < -0.4 is 10.9 Å². The molecule has 24 heavy (non-hydrogen) atoms. The maximum absolute atomic E-state index is 12.4. The summed E-state index contributed by atoms with van der Waals surface area (Å²) in [5, 5.41) is 11.6. The normalized spacial score (nSPS) is 24.0. The molecule has 1 aliphatic rings. The number of amides is 1. The fourth-order valence-electron chi connectivity index (χ4n) is 3.44. The lowest BCUT2D eigenvalue weighted by Crippen LogP contribution is -2.44. The zero-order valence-electron chi connectivity index (χ0n) is 14.2. The van der Waals surface area contributed by atoms with E-state index in [1.165, 1.54) is 11.1 Å². The number of carbonyl (C=O) groups is 1. The molecule has 2 aromatic rings. The van der Waals surface area contributed by atoms with Gasteiger partial charge in [0.2, 0.25) is 5.91 Å². The van der Waals surface area contributed by atoms with Gasteiger partial charge in [0, 0.05) is 12.5 Å². The molecule has 1 N–H and O–H groups in total. The van der Waals surface area contributed by atoms with E-state index in [4.69, 9.17) is 0 Å². The summed E-state index contributed by atoms with van der Waals surface area (Å²) in [6.07, 6.45) is 3.67. The van der Waals surface area contributed by atoms with Gasteiger partial charge < -0.3 is 5.32 Å². The van der Waals surface area contributed by atoms with Crippen molar-refractivity contribution in [2.45, 2.75) is 52.1 Å². The summed E-state index contributed by atoms with van der Waals surface area (Å²) in [4.78, 5) is 24.6. The van der Waals surface area contributed by atoms with Crippen molar-refractivity contribution in [2.24, 2.45) is 11.8 Å². The first-order valence-electron chi connectivity index (χ1n) is 8.68. The predicted octanol–water partition coefficient (Wildman–Crippen LogP) is 2.12. The van der Waals surface area contributed by atoms with Crippen molar-refractivity contribution in [3.63, 3.8) is 0 Å². The van der Waals surface area contributed by atoms with Gasteiger partial charge >= 0.3 is 0 Å². The average molecular weight is 328 g/mol. The van der Waals surface area contributed by atoms with Gasteiger partial charge in [-0.15, -0.1) is 5.10 Å². The Morgan fingerprint density at radius 2 is 2.08 bits per heavy atom. The van der Waals surface area contributed by atoms with Crippen molar-refractivity contribution in [1.29, 1.82) is 0 Å². The van der Waals surface area contributed by atoms with E-state index >= 15 is 0 Å². The second-order valence-corrected chi connectivity index (χ2v) is 6.83. The van der Waals surface area contributed by atoms with Gasteiger partial charge in [-0.3, -0.25) is 9.59 Å². The fraction of sp³-hybridized carbons (Fsp3) is 0.556. The summed E-state index contributed by atoms with van der Waals surface area (Å²) in [5.74, 6) is 1.10. The van der Waals surface area contributed by atoms with E-state index in [9.17, 15) is 9.59 Å². The number of nitrogens with one attached hydrogen (secondary N) is 1. The minimum Gasteiger partial charge on any atom is -0.353 e. The van der Waals surface area contributed by atoms with E-state index in [1.54, 1.807) is 18.2 Å². The Hall–Kier alpha value is -2.24. The Morgan fingerprint density at radius 3 is 2.92 bits per heavy atom. The number of aryl methyl sites for hydroxylation is 1. The Bertz CT molecular complexity index is 786. The largest absolute Gasteiger partial charge is 0.353 e. The third-order valence-corrected chi connectivity index (χ3v) is 5.23. The molecule has 0 aliphatic heterocycles. The lowest BCUT2D eigenvalue weighted by atomic mass is 9.78. The third kappa shape index (κ3) is 3.47. The molecule has 0 bridgehead atoms. The van der Waals surface area contributed by atoms with Crippen LogP contribution in [0.1, 0.15) is 39.5 Å². The predicted molar refractivity (Wildman–Crippen MR) is 92.5 cm³/mol. The molecule has 1 fully saturated rings. The lowest BCUT2D eigenvalue weighted by Gasteiger charge is -2.34. The van der Waals surface area contributed by atoms with Gasteiger partial charge in [0.25, 0.3) is 5.56 Å². The first kappa shape index (κ1) is 16.6. The van der Waals surface area contributed by atoms with Crippen molar-refractivity contribution in [1.82, 2.24) is 20.3 Å². The number of benzene rings is 1. The molecule has 3 rings (SSSR count). The van der Waals surface area contributed by atoms with Gasteiger partial charge in [0.1, 0.15) is 5.52 Å². The monoisotopic (exact) mass is 328 g/mol. The molecule has 1 saturated carbocycles. The molecule has 1 heterocycles. The minimum atomic E-state index is -0.201. The number of aromatic nitrogens is 3. The Morgan fingerprint density at radius 1 is 1.29 bits per heavy atom. The van der Waals surface area contributed by atoms with Crippen LogP contribution in [0.4, 0.5) is 0 Å². The first-order valence-corrected chi connectivity index (χ1v) is 8.68. The molecule has 6 nitrogen and oxygen atoms in total. The molecule has 0 spiro atoms. The molecule has 3 atom stereocenters. The third-order valence-electron chi connectivity index (χ3n) is 5.23. The highest BCUT2D eigenvalue weighted by atomic mass is 16.2. The van der Waals surface area contributed by atoms with E-state index in [0.29, 0.717) is 22.7 Å². The van der Waals surface area contributed by atoms with E-state index < -0.39 is 0 Å². The molecular weight excluding hydrogens is 304 g/mol. The minimum absolute atomic E-state index is 0.0252. The van der Waals surface area contributed by atoms with E-state index in [1.807, 2.05) is 6.07 Å². The molecule has 128 valence electrons. The molecule has 1 aliphatic carbocycles. The highest BCUT2D eigenvalue weighted by molar-refractivity contribution is 5.77. The van der Waals surface area contributed by atoms with Gasteiger partial charge in [-0.2, -0.15) is 0 Å². The van der Waals surface area contributed by atoms with Gasteiger partial charge in [-0.1, -0.05) is 44.0 Å². The topological polar surface area (TPSA) is 76.9 Å². The van der Waals surface area contributed by atoms with Crippen LogP contribution in [0.2, 0.25) is 0 Å². The first-order chi connectivity index (χ1) is 11.6. The maximum Gasteiger partial charge on any atom is 0.277 e. The number of fused-ring (bicyclic) bond motifs is 1. The van der Waals surface area contributed by atoms with Crippen LogP contribution >= 0.6 is 0 Å². The molecule has 1 amide bonds. The van der Waals surface area contributed by atoms with Gasteiger partial charge in [-0.25, -0.2) is 4.68 Å². The summed E-state index contributed by atoms with van der Waals surface area (Å²) < 4.78 is 1.27. The van der Waals surface area contributed by atoms with Crippen LogP contribution in [-0.4, -0.2) is 26.9 Å². The second-order valence-electron chi connectivity index (χ2n) is 6.83. The van der Waals surface area contributed by atoms with Crippen molar-refractivity contribution in [3.8, 4) is 0 Å². The van der Waals surface area contributed by atoms with Crippen LogP contribution in [-0.2, 0) is 11.3 Å². The summed E-state index contributed by atoms with van der Waals surface area (Å²) in [5.41, 5.74) is 0.376. The Labute approximate surface area is 141 Å². The molecule has 0 radical (unpaired) electrons. The van der Waals surface area contributed by atoms with E-state index in [-0.39, 0.29) is 30.5 Å². The number of hydrogen-bond donors (Lipinski definition) is 1. The number of carbonyl (C=O) groups excluding carboxylic acids is 1. The highest BCUT2D eigenvalue weighted by Crippen LogP contribution is 2.29. The molecule has 0 unspecified atom stereocenters. The van der Waals surface area contributed by atoms with Crippen LogP contribution in [0.5, 0.6) is 0 Å². The van der Waals surface area contributed by atoms with Crippen molar-refractivity contribution < 1.29 is 4.79 Å². The number of hydrogen-bond acceptors (Lipinski definition) is 4. The summed E-state index contributed by atoms with van der Waals surface area (Å²) in [7, 11) is 0.